The van der Waals surface area contributed by atoms with Crippen LogP contribution >= 0.6 is 15.9 Å². The number of aryl methyl sites for hydroxylation is 1. The lowest BCUT2D eigenvalue weighted by Gasteiger charge is -2.24. The Morgan fingerprint density at radius 1 is 1.24 bits per heavy atom. The van der Waals surface area contributed by atoms with Crippen molar-refractivity contribution < 1.29 is 4.79 Å². The SMILES string of the molecule is CCc1cc(Br)ccc1NC(=O)C(C)(N)c1ccccc1. The Morgan fingerprint density at radius 2 is 1.90 bits per heavy atom. The van der Waals surface area contributed by atoms with E-state index in [-0.39, 0.29) is 5.91 Å². The minimum absolute atomic E-state index is 0.217. The summed E-state index contributed by atoms with van der Waals surface area (Å²) in [6, 6.07) is 15.2. The van der Waals surface area contributed by atoms with Crippen LogP contribution in [0.5, 0.6) is 0 Å². The topological polar surface area (TPSA) is 55.1 Å². The lowest BCUT2D eigenvalue weighted by molar-refractivity contribution is -0.120. The number of nitrogens with two attached hydrogens (primary N) is 1. The van der Waals surface area contributed by atoms with Crippen LogP contribution in [0.25, 0.3) is 0 Å². The van der Waals surface area contributed by atoms with Crippen LogP contribution in [-0.2, 0) is 16.8 Å². The number of carbonyl (C=O) groups excluding carboxylic acids is 1. The highest BCUT2D eigenvalue weighted by Crippen LogP contribution is 2.24. The summed E-state index contributed by atoms with van der Waals surface area (Å²) in [5.74, 6) is -0.217. The molecule has 0 bridgehead atoms. The Hall–Kier alpha value is -1.65. The van der Waals surface area contributed by atoms with Crippen LogP contribution in [0.1, 0.15) is 25.0 Å². The predicted octanol–water partition coefficient (Wildman–Crippen LogP) is 3.82. The molecule has 0 spiro atoms. The molecule has 1 atom stereocenters. The smallest absolute Gasteiger partial charge is 0.248 e. The second kappa shape index (κ2) is 6.41. The highest BCUT2D eigenvalue weighted by atomic mass is 79.9. The van der Waals surface area contributed by atoms with E-state index in [2.05, 4.69) is 28.2 Å². The second-order valence-electron chi connectivity index (χ2n) is 5.18. The standard InChI is InChI=1S/C17H19BrN2O/c1-3-12-11-14(18)9-10-15(12)20-16(21)17(2,19)13-7-5-4-6-8-13/h4-11H,3,19H2,1-2H3,(H,20,21). The maximum Gasteiger partial charge on any atom is 0.248 e. The fourth-order valence-electron chi connectivity index (χ4n) is 2.14. The van der Waals surface area contributed by atoms with Gasteiger partial charge in [-0.1, -0.05) is 53.2 Å². The van der Waals surface area contributed by atoms with Crippen LogP contribution in [0.2, 0.25) is 0 Å². The molecule has 2 aromatic carbocycles. The number of rotatable bonds is 4. The van der Waals surface area contributed by atoms with Crippen molar-refractivity contribution in [3.63, 3.8) is 0 Å². The van der Waals surface area contributed by atoms with E-state index in [9.17, 15) is 4.79 Å². The van der Waals surface area contributed by atoms with Crippen molar-refractivity contribution >= 4 is 27.5 Å². The molecule has 2 rings (SSSR count). The Balaban J connectivity index is 2.26. The molecule has 0 saturated heterocycles. The maximum atomic E-state index is 12.5. The molecule has 0 aliphatic rings. The maximum absolute atomic E-state index is 12.5. The molecule has 1 unspecified atom stereocenters. The summed E-state index contributed by atoms with van der Waals surface area (Å²) in [4.78, 5) is 12.5. The first-order chi connectivity index (χ1) is 9.95. The van der Waals surface area contributed by atoms with Gasteiger partial charge in [0.1, 0.15) is 5.54 Å². The lowest BCUT2D eigenvalue weighted by atomic mass is 9.92. The van der Waals surface area contributed by atoms with Gasteiger partial charge in [-0.15, -0.1) is 0 Å². The van der Waals surface area contributed by atoms with Crippen LogP contribution < -0.4 is 11.1 Å². The molecule has 0 saturated carbocycles. The van der Waals surface area contributed by atoms with E-state index in [0.29, 0.717) is 0 Å². The molecule has 0 heterocycles. The molecule has 0 aliphatic heterocycles. The third-order valence-electron chi connectivity index (χ3n) is 3.54. The molecule has 0 aliphatic carbocycles. The van der Waals surface area contributed by atoms with Gasteiger partial charge >= 0.3 is 0 Å². The summed E-state index contributed by atoms with van der Waals surface area (Å²) in [5.41, 5.74) is 7.82. The Labute approximate surface area is 133 Å². The van der Waals surface area contributed by atoms with Gasteiger partial charge in [-0.05, 0) is 42.7 Å². The number of hydrogen-bond donors (Lipinski definition) is 2. The van der Waals surface area contributed by atoms with Gasteiger partial charge in [0, 0.05) is 10.2 Å². The lowest BCUT2D eigenvalue weighted by Crippen LogP contribution is -2.45. The van der Waals surface area contributed by atoms with E-state index in [4.69, 9.17) is 5.73 Å². The number of benzene rings is 2. The van der Waals surface area contributed by atoms with Crippen molar-refractivity contribution in [1.29, 1.82) is 0 Å². The van der Waals surface area contributed by atoms with Gasteiger partial charge in [0.05, 0.1) is 0 Å². The molecule has 21 heavy (non-hydrogen) atoms. The van der Waals surface area contributed by atoms with Gasteiger partial charge in [-0.2, -0.15) is 0 Å². The number of amides is 1. The fourth-order valence-corrected chi connectivity index (χ4v) is 2.55. The molecule has 0 radical (unpaired) electrons. The van der Waals surface area contributed by atoms with Crippen LogP contribution in [0.15, 0.2) is 53.0 Å². The van der Waals surface area contributed by atoms with E-state index in [0.717, 1.165) is 27.7 Å². The van der Waals surface area contributed by atoms with Gasteiger partial charge in [0.25, 0.3) is 0 Å². The van der Waals surface area contributed by atoms with Crippen molar-refractivity contribution in [2.45, 2.75) is 25.8 Å². The first kappa shape index (κ1) is 15.7. The fraction of sp³-hybridized carbons (Fsp3) is 0.235. The summed E-state index contributed by atoms with van der Waals surface area (Å²) in [6.45, 7) is 3.78. The Bertz CT molecular complexity index is 638. The minimum Gasteiger partial charge on any atom is -0.324 e. The highest BCUT2D eigenvalue weighted by molar-refractivity contribution is 9.10. The minimum atomic E-state index is -1.07. The molecule has 4 heteroatoms. The highest BCUT2D eigenvalue weighted by Gasteiger charge is 2.30. The van der Waals surface area contributed by atoms with Crippen molar-refractivity contribution in [3.8, 4) is 0 Å². The summed E-state index contributed by atoms with van der Waals surface area (Å²) >= 11 is 3.44. The van der Waals surface area contributed by atoms with E-state index in [1.165, 1.54) is 0 Å². The summed E-state index contributed by atoms with van der Waals surface area (Å²) < 4.78 is 0.996. The third kappa shape index (κ3) is 3.52. The Morgan fingerprint density at radius 3 is 2.52 bits per heavy atom. The van der Waals surface area contributed by atoms with Crippen molar-refractivity contribution in [2.24, 2.45) is 5.73 Å². The first-order valence-corrected chi connectivity index (χ1v) is 7.68. The first-order valence-electron chi connectivity index (χ1n) is 6.89. The summed E-state index contributed by atoms with van der Waals surface area (Å²) in [5, 5.41) is 2.94. The predicted molar refractivity (Wildman–Crippen MR) is 90.1 cm³/mol. The molecular formula is C17H19BrN2O. The molecule has 110 valence electrons. The van der Waals surface area contributed by atoms with Gasteiger partial charge in [-0.3, -0.25) is 4.79 Å². The van der Waals surface area contributed by atoms with Gasteiger partial charge < -0.3 is 11.1 Å². The van der Waals surface area contributed by atoms with E-state index in [1.54, 1.807) is 6.92 Å². The number of anilines is 1. The third-order valence-corrected chi connectivity index (χ3v) is 4.03. The van der Waals surface area contributed by atoms with Gasteiger partial charge in [-0.25, -0.2) is 0 Å². The summed E-state index contributed by atoms with van der Waals surface area (Å²) in [6.07, 6.45) is 0.835. The van der Waals surface area contributed by atoms with Gasteiger partial charge in [0.2, 0.25) is 5.91 Å². The molecular weight excluding hydrogens is 328 g/mol. The molecule has 0 fully saturated rings. The molecule has 3 nitrogen and oxygen atoms in total. The normalized spacial score (nSPS) is 13.5. The quantitative estimate of drug-likeness (QED) is 0.883. The number of nitrogens with one attached hydrogen (secondary N) is 1. The van der Waals surface area contributed by atoms with Crippen LogP contribution in [-0.4, -0.2) is 5.91 Å². The zero-order valence-corrected chi connectivity index (χ0v) is 13.8. The number of carbonyl (C=O) groups is 1. The largest absolute Gasteiger partial charge is 0.324 e. The zero-order chi connectivity index (χ0) is 15.5. The average Bonchev–Trinajstić information content (AvgIpc) is 2.49. The van der Waals surface area contributed by atoms with Crippen LogP contribution in [0.4, 0.5) is 5.69 Å². The molecule has 1 amide bonds. The Kier molecular flexibility index (Phi) is 4.80. The average molecular weight is 347 g/mol. The van der Waals surface area contributed by atoms with Crippen LogP contribution in [0.3, 0.4) is 0 Å². The molecule has 3 N–H and O–H groups in total. The van der Waals surface area contributed by atoms with E-state index in [1.807, 2.05) is 48.5 Å². The van der Waals surface area contributed by atoms with Crippen LogP contribution in [0, 0.1) is 0 Å². The van der Waals surface area contributed by atoms with Crippen molar-refractivity contribution in [1.82, 2.24) is 0 Å². The molecule has 2 aromatic rings. The summed E-state index contributed by atoms with van der Waals surface area (Å²) in [7, 11) is 0. The van der Waals surface area contributed by atoms with Crippen molar-refractivity contribution in [2.75, 3.05) is 5.32 Å². The van der Waals surface area contributed by atoms with E-state index < -0.39 is 5.54 Å². The van der Waals surface area contributed by atoms with Gasteiger partial charge in [0.15, 0.2) is 0 Å². The monoisotopic (exact) mass is 346 g/mol. The van der Waals surface area contributed by atoms with E-state index >= 15 is 0 Å². The molecule has 0 aromatic heterocycles. The number of hydrogen-bond acceptors (Lipinski definition) is 2. The number of halogens is 1. The second-order valence-corrected chi connectivity index (χ2v) is 6.09. The van der Waals surface area contributed by atoms with Crippen molar-refractivity contribution in [3.05, 3.63) is 64.1 Å². The zero-order valence-electron chi connectivity index (χ0n) is 12.2.